The molecule has 0 atom stereocenters. The molecule has 0 saturated carbocycles. The van der Waals surface area contributed by atoms with Gasteiger partial charge in [-0.05, 0) is 6.08 Å². The topological polar surface area (TPSA) is 24.4 Å². The Kier molecular flexibility index (Phi) is 3.11. The van der Waals surface area contributed by atoms with Gasteiger partial charge < -0.3 is 5.32 Å². The largest absolute Gasteiger partial charge is 0.430 e. The quantitative estimate of drug-likeness (QED) is 0.666. The molecule has 0 aromatic carbocycles. The van der Waals surface area contributed by atoms with E-state index in [0.717, 1.165) is 6.08 Å². The van der Waals surface area contributed by atoms with Gasteiger partial charge in [-0.1, -0.05) is 20.8 Å². The van der Waals surface area contributed by atoms with Gasteiger partial charge in [-0.2, -0.15) is 13.2 Å². The summed E-state index contributed by atoms with van der Waals surface area (Å²) in [4.78, 5) is 4.14. The molecule has 0 bridgehead atoms. The monoisotopic (exact) mass is 220 g/mol. The molecule has 1 aliphatic heterocycles. The molecule has 1 aliphatic rings. The fraction of sp³-hybridized carbons (Fsp3) is 0.700. The first-order valence-corrected chi connectivity index (χ1v) is 4.79. The summed E-state index contributed by atoms with van der Waals surface area (Å²) in [6.07, 6.45) is -3.22. The average molecular weight is 220 g/mol. The van der Waals surface area contributed by atoms with Gasteiger partial charge in [-0.15, -0.1) is 0 Å². The van der Waals surface area contributed by atoms with Crippen molar-refractivity contribution < 1.29 is 13.2 Å². The van der Waals surface area contributed by atoms with Gasteiger partial charge in [0.05, 0.1) is 6.54 Å². The van der Waals surface area contributed by atoms with Crippen molar-refractivity contribution in [2.24, 2.45) is 10.4 Å². The van der Waals surface area contributed by atoms with Gasteiger partial charge in [0, 0.05) is 17.7 Å². The van der Waals surface area contributed by atoms with Crippen LogP contribution in [0.3, 0.4) is 0 Å². The zero-order chi connectivity index (χ0) is 11.7. The maximum atomic E-state index is 12.5. The number of allylic oxidation sites excluding steroid dienone is 2. The van der Waals surface area contributed by atoms with Gasteiger partial charge in [0.25, 0.3) is 0 Å². The van der Waals surface area contributed by atoms with Crippen LogP contribution in [0.5, 0.6) is 0 Å². The molecule has 1 rings (SSSR count). The minimum absolute atomic E-state index is 0.227. The lowest BCUT2D eigenvalue weighted by Crippen LogP contribution is -2.28. The van der Waals surface area contributed by atoms with Gasteiger partial charge in [0.15, 0.2) is 0 Å². The number of halogens is 3. The summed E-state index contributed by atoms with van der Waals surface area (Å²) >= 11 is 0. The van der Waals surface area contributed by atoms with Crippen molar-refractivity contribution in [2.75, 3.05) is 13.1 Å². The first-order valence-electron chi connectivity index (χ1n) is 4.79. The van der Waals surface area contributed by atoms with Crippen LogP contribution in [0.25, 0.3) is 0 Å². The molecular weight excluding hydrogens is 205 g/mol. The Morgan fingerprint density at radius 2 is 1.87 bits per heavy atom. The van der Waals surface area contributed by atoms with Crippen molar-refractivity contribution in [1.29, 1.82) is 0 Å². The number of hydrogen-bond acceptors (Lipinski definition) is 2. The van der Waals surface area contributed by atoms with Crippen LogP contribution in [0.4, 0.5) is 13.2 Å². The van der Waals surface area contributed by atoms with E-state index in [2.05, 4.69) is 10.3 Å². The summed E-state index contributed by atoms with van der Waals surface area (Å²) in [5.41, 5.74) is -0.573. The average Bonchev–Trinajstić information content (AvgIpc) is 2.24. The number of alkyl halides is 3. The summed E-state index contributed by atoms with van der Waals surface area (Å²) < 4.78 is 37.5. The van der Waals surface area contributed by atoms with Crippen molar-refractivity contribution in [3.05, 3.63) is 11.8 Å². The molecule has 0 fully saturated rings. The van der Waals surface area contributed by atoms with E-state index in [1.54, 1.807) is 0 Å². The van der Waals surface area contributed by atoms with Crippen molar-refractivity contribution in [2.45, 2.75) is 26.9 Å². The second-order valence-corrected chi connectivity index (χ2v) is 4.50. The molecule has 0 aromatic rings. The molecule has 0 aromatic heterocycles. The third kappa shape index (κ3) is 3.25. The Balaban J connectivity index is 3.02. The molecule has 5 heteroatoms. The number of aliphatic imine (C=N–C) groups is 1. The van der Waals surface area contributed by atoms with Gasteiger partial charge in [0.2, 0.25) is 0 Å². The molecule has 86 valence electrons. The molecule has 0 radical (unpaired) electrons. The highest BCUT2D eigenvalue weighted by Crippen LogP contribution is 2.27. The predicted molar refractivity (Wildman–Crippen MR) is 53.9 cm³/mol. The van der Waals surface area contributed by atoms with Gasteiger partial charge in [-0.25, -0.2) is 0 Å². The van der Waals surface area contributed by atoms with E-state index in [4.69, 9.17) is 0 Å². The maximum absolute atomic E-state index is 12.5. The van der Waals surface area contributed by atoms with E-state index >= 15 is 0 Å². The molecule has 0 aliphatic carbocycles. The van der Waals surface area contributed by atoms with Crippen LogP contribution in [0.1, 0.15) is 20.8 Å². The Hall–Kier alpha value is -1.00. The predicted octanol–water partition coefficient (Wildman–Crippen LogP) is 2.52. The molecule has 0 spiro atoms. The highest BCUT2D eigenvalue weighted by molar-refractivity contribution is 5.99. The lowest BCUT2D eigenvalue weighted by atomic mass is 9.89. The molecule has 15 heavy (non-hydrogen) atoms. The summed E-state index contributed by atoms with van der Waals surface area (Å²) in [7, 11) is 0. The Morgan fingerprint density at radius 3 is 2.33 bits per heavy atom. The van der Waals surface area contributed by atoms with Crippen LogP contribution in [-0.4, -0.2) is 25.0 Å². The van der Waals surface area contributed by atoms with Crippen molar-refractivity contribution >= 4 is 5.71 Å². The number of hydrogen-bond donors (Lipinski definition) is 1. The van der Waals surface area contributed by atoms with Gasteiger partial charge in [0.1, 0.15) is 5.70 Å². The van der Waals surface area contributed by atoms with Crippen LogP contribution in [0.2, 0.25) is 0 Å². The van der Waals surface area contributed by atoms with Crippen LogP contribution < -0.4 is 5.32 Å². The van der Waals surface area contributed by atoms with E-state index in [-0.39, 0.29) is 12.0 Å². The first-order chi connectivity index (χ1) is 6.71. The Bertz CT molecular complexity index is 295. The van der Waals surface area contributed by atoms with Gasteiger partial charge in [-0.3, -0.25) is 4.99 Å². The second-order valence-electron chi connectivity index (χ2n) is 4.50. The lowest BCUT2D eigenvalue weighted by Gasteiger charge is -2.19. The highest BCUT2D eigenvalue weighted by atomic mass is 19.4. The van der Waals surface area contributed by atoms with Crippen LogP contribution in [-0.2, 0) is 0 Å². The number of nitrogens with one attached hydrogen (secondary N) is 1. The summed E-state index contributed by atoms with van der Waals surface area (Å²) in [5, 5.41) is 2.35. The smallest absolute Gasteiger partial charge is 0.379 e. The van der Waals surface area contributed by atoms with E-state index in [1.165, 1.54) is 0 Å². The number of rotatable bonds is 0. The standard InChI is InChI=1S/C10H15F3N2/c1-9(2,3)7-6-8(10(11,12)13)15-5-4-14-7/h6,15H,4-5H2,1-3H3. The Labute approximate surface area is 87.3 Å². The van der Waals surface area contributed by atoms with E-state index in [1.807, 2.05) is 20.8 Å². The molecule has 1 heterocycles. The lowest BCUT2D eigenvalue weighted by molar-refractivity contribution is -0.0964. The molecule has 1 N–H and O–H groups in total. The van der Waals surface area contributed by atoms with Crippen molar-refractivity contribution in [3.8, 4) is 0 Å². The fourth-order valence-electron chi connectivity index (χ4n) is 1.24. The zero-order valence-electron chi connectivity index (χ0n) is 9.07. The third-order valence-electron chi connectivity index (χ3n) is 2.06. The summed E-state index contributed by atoms with van der Waals surface area (Å²) in [6, 6.07) is 0. The van der Waals surface area contributed by atoms with Crippen molar-refractivity contribution in [1.82, 2.24) is 5.32 Å². The number of nitrogens with zero attached hydrogens (tertiary/aromatic N) is 1. The summed E-state index contributed by atoms with van der Waals surface area (Å²) in [5.74, 6) is 0. The van der Waals surface area contributed by atoms with Crippen LogP contribution in [0, 0.1) is 5.41 Å². The fourth-order valence-corrected chi connectivity index (χ4v) is 1.24. The maximum Gasteiger partial charge on any atom is 0.430 e. The third-order valence-corrected chi connectivity index (χ3v) is 2.06. The minimum Gasteiger partial charge on any atom is -0.379 e. The van der Waals surface area contributed by atoms with E-state index in [0.29, 0.717) is 12.3 Å². The zero-order valence-corrected chi connectivity index (χ0v) is 9.07. The molecule has 0 saturated heterocycles. The van der Waals surface area contributed by atoms with Gasteiger partial charge >= 0.3 is 6.18 Å². The highest BCUT2D eigenvalue weighted by Gasteiger charge is 2.35. The molecular formula is C10H15F3N2. The van der Waals surface area contributed by atoms with E-state index in [9.17, 15) is 13.2 Å². The molecule has 0 unspecified atom stereocenters. The SMILES string of the molecule is CC(C)(C)C1=NCCNC(C(F)(F)F)=C1. The molecule has 2 nitrogen and oxygen atoms in total. The second kappa shape index (κ2) is 3.87. The van der Waals surface area contributed by atoms with Crippen LogP contribution in [0.15, 0.2) is 16.8 Å². The van der Waals surface area contributed by atoms with E-state index < -0.39 is 11.9 Å². The molecule has 0 amide bonds. The first kappa shape index (κ1) is 12.1. The summed E-state index contributed by atoms with van der Waals surface area (Å²) in [6.45, 7) is 6.15. The Morgan fingerprint density at radius 1 is 1.27 bits per heavy atom. The van der Waals surface area contributed by atoms with Crippen LogP contribution >= 0.6 is 0 Å². The normalized spacial score (nSPS) is 18.8. The minimum atomic E-state index is -4.32. The van der Waals surface area contributed by atoms with Crippen molar-refractivity contribution in [3.63, 3.8) is 0 Å².